The molecule has 1 saturated heterocycles. The lowest BCUT2D eigenvalue weighted by atomic mass is 10.0. The lowest BCUT2D eigenvalue weighted by molar-refractivity contribution is -0.139. The predicted octanol–water partition coefficient (Wildman–Crippen LogP) is 3.78. The van der Waals surface area contributed by atoms with E-state index < -0.39 is 6.10 Å². The maximum atomic E-state index is 12.8. The molecule has 150 valence electrons. The first-order valence-electron chi connectivity index (χ1n) is 9.84. The van der Waals surface area contributed by atoms with Crippen LogP contribution < -0.4 is 4.74 Å². The predicted molar refractivity (Wildman–Crippen MR) is 114 cm³/mol. The van der Waals surface area contributed by atoms with Gasteiger partial charge >= 0.3 is 0 Å². The van der Waals surface area contributed by atoms with Gasteiger partial charge in [-0.05, 0) is 56.2 Å². The Kier molecular flexibility index (Phi) is 7.45. The minimum atomic E-state index is -0.492. The summed E-state index contributed by atoms with van der Waals surface area (Å²) in [6.45, 7) is 4.86. The zero-order valence-electron chi connectivity index (χ0n) is 16.6. The third-order valence-corrected chi connectivity index (χ3v) is 5.87. The van der Waals surface area contributed by atoms with E-state index in [2.05, 4.69) is 31.9 Å². The monoisotopic (exact) mass is 445 g/mol. The van der Waals surface area contributed by atoms with E-state index in [0.29, 0.717) is 5.75 Å². The van der Waals surface area contributed by atoms with Gasteiger partial charge in [0.2, 0.25) is 0 Å². The van der Waals surface area contributed by atoms with E-state index in [0.717, 1.165) is 49.1 Å². The maximum Gasteiger partial charge on any atom is 0.263 e. The molecule has 3 rings (SSSR count). The molecule has 1 aliphatic rings. The first-order chi connectivity index (χ1) is 13.5. The molecule has 0 saturated carbocycles. The van der Waals surface area contributed by atoms with Crippen molar-refractivity contribution in [2.24, 2.45) is 0 Å². The van der Waals surface area contributed by atoms with E-state index in [4.69, 9.17) is 4.74 Å². The van der Waals surface area contributed by atoms with Crippen LogP contribution in [0.25, 0.3) is 0 Å². The van der Waals surface area contributed by atoms with Crippen molar-refractivity contribution >= 4 is 21.8 Å². The van der Waals surface area contributed by atoms with Crippen molar-refractivity contribution in [3.63, 3.8) is 0 Å². The summed E-state index contributed by atoms with van der Waals surface area (Å²) >= 11 is 3.41. The van der Waals surface area contributed by atoms with Gasteiger partial charge in [-0.2, -0.15) is 0 Å². The van der Waals surface area contributed by atoms with E-state index in [9.17, 15) is 4.79 Å². The lowest BCUT2D eigenvalue weighted by Gasteiger charge is -2.37. The molecule has 0 N–H and O–H groups in total. The van der Waals surface area contributed by atoms with Crippen molar-refractivity contribution in [3.8, 4) is 5.75 Å². The average molecular weight is 446 g/mol. The number of hydrogen-bond acceptors (Lipinski definition) is 4. The summed E-state index contributed by atoms with van der Waals surface area (Å²) in [6, 6.07) is 13.9. The van der Waals surface area contributed by atoms with Crippen LogP contribution in [-0.4, -0.2) is 59.5 Å². The summed E-state index contributed by atoms with van der Waals surface area (Å²) in [6.07, 6.45) is 4.32. The number of rotatable bonds is 7. The number of likely N-dealkylation sites (N-methyl/N-ethyl adjacent to an activating group) is 1. The summed E-state index contributed by atoms with van der Waals surface area (Å²) in [5.41, 5.74) is 1.14. The largest absolute Gasteiger partial charge is 0.481 e. The Balaban J connectivity index is 1.44. The van der Waals surface area contributed by atoms with Gasteiger partial charge in [0.15, 0.2) is 6.10 Å². The van der Waals surface area contributed by atoms with Crippen LogP contribution in [0.15, 0.2) is 53.1 Å². The number of pyridine rings is 1. The number of carbonyl (C=O) groups is 1. The number of nitrogens with zero attached hydrogens (tertiary/aromatic N) is 3. The van der Waals surface area contributed by atoms with Crippen LogP contribution in [0.1, 0.15) is 25.5 Å². The minimum Gasteiger partial charge on any atom is -0.481 e. The van der Waals surface area contributed by atoms with Crippen molar-refractivity contribution in [2.45, 2.75) is 38.3 Å². The SMILES string of the molecule is CC(Oc1ccc(Br)cc1)C(=O)N(C)C1CCN(CCc2ccccn2)CC1. The number of aromatic nitrogens is 1. The topological polar surface area (TPSA) is 45.7 Å². The van der Waals surface area contributed by atoms with Gasteiger partial charge in [-0.1, -0.05) is 22.0 Å². The summed E-state index contributed by atoms with van der Waals surface area (Å²) < 4.78 is 6.81. The number of piperidine rings is 1. The minimum absolute atomic E-state index is 0.0369. The van der Waals surface area contributed by atoms with E-state index >= 15 is 0 Å². The second-order valence-corrected chi connectivity index (χ2v) is 8.22. The summed E-state index contributed by atoms with van der Waals surface area (Å²) in [5, 5.41) is 0. The molecule has 5 nitrogen and oxygen atoms in total. The van der Waals surface area contributed by atoms with Gasteiger partial charge in [0, 0.05) is 55.5 Å². The van der Waals surface area contributed by atoms with E-state index in [1.165, 1.54) is 0 Å². The maximum absolute atomic E-state index is 12.8. The molecule has 1 aromatic heterocycles. The highest BCUT2D eigenvalue weighted by Crippen LogP contribution is 2.20. The molecule has 2 heterocycles. The van der Waals surface area contributed by atoms with Crippen LogP contribution in [0.2, 0.25) is 0 Å². The molecule has 1 amide bonds. The molecule has 0 bridgehead atoms. The van der Waals surface area contributed by atoms with E-state index in [1.54, 1.807) is 0 Å². The summed E-state index contributed by atoms with van der Waals surface area (Å²) in [4.78, 5) is 21.5. The molecule has 1 fully saturated rings. The van der Waals surface area contributed by atoms with Gasteiger partial charge in [0.05, 0.1) is 0 Å². The Bertz CT molecular complexity index is 746. The van der Waals surface area contributed by atoms with Crippen molar-refractivity contribution < 1.29 is 9.53 Å². The Morgan fingerprint density at radius 1 is 1.25 bits per heavy atom. The van der Waals surface area contributed by atoms with Crippen LogP contribution in [0.4, 0.5) is 0 Å². The molecule has 2 aromatic rings. The number of halogens is 1. The molecule has 1 atom stereocenters. The van der Waals surface area contributed by atoms with Crippen molar-refractivity contribution in [1.29, 1.82) is 0 Å². The number of carbonyl (C=O) groups excluding carboxylic acids is 1. The van der Waals surface area contributed by atoms with Gasteiger partial charge in [-0.25, -0.2) is 0 Å². The van der Waals surface area contributed by atoms with Gasteiger partial charge < -0.3 is 14.5 Å². The van der Waals surface area contributed by atoms with Crippen molar-refractivity contribution in [1.82, 2.24) is 14.8 Å². The van der Waals surface area contributed by atoms with Crippen LogP contribution in [0, 0.1) is 0 Å². The second kappa shape index (κ2) is 10.0. The van der Waals surface area contributed by atoms with Crippen molar-refractivity contribution in [3.05, 3.63) is 58.8 Å². The number of benzene rings is 1. The van der Waals surface area contributed by atoms with Crippen LogP contribution in [-0.2, 0) is 11.2 Å². The zero-order valence-corrected chi connectivity index (χ0v) is 18.1. The number of amides is 1. The van der Waals surface area contributed by atoms with Gasteiger partial charge in [0.25, 0.3) is 5.91 Å². The van der Waals surface area contributed by atoms with Crippen molar-refractivity contribution in [2.75, 3.05) is 26.7 Å². The first kappa shape index (κ1) is 20.8. The lowest BCUT2D eigenvalue weighted by Crippen LogP contribution is -2.49. The standard InChI is InChI=1S/C22H28BrN3O2/c1-17(28-21-8-6-18(23)7-9-21)22(27)25(2)20-11-15-26(16-12-20)14-10-19-5-3-4-13-24-19/h3-9,13,17,20H,10-12,14-16H2,1-2H3. The number of hydrogen-bond donors (Lipinski definition) is 0. The molecular weight excluding hydrogens is 418 g/mol. The molecule has 6 heteroatoms. The average Bonchev–Trinajstić information content (AvgIpc) is 2.74. The van der Waals surface area contributed by atoms with Crippen LogP contribution in [0.3, 0.4) is 0 Å². The number of likely N-dealkylation sites (tertiary alicyclic amines) is 1. The molecule has 1 aromatic carbocycles. The van der Waals surface area contributed by atoms with Crippen LogP contribution in [0.5, 0.6) is 5.75 Å². The summed E-state index contributed by atoms with van der Waals surface area (Å²) in [5.74, 6) is 0.747. The highest BCUT2D eigenvalue weighted by molar-refractivity contribution is 9.10. The second-order valence-electron chi connectivity index (χ2n) is 7.31. The fourth-order valence-electron chi connectivity index (χ4n) is 3.58. The van der Waals surface area contributed by atoms with E-state index in [1.807, 2.05) is 61.5 Å². The fraction of sp³-hybridized carbons (Fsp3) is 0.455. The van der Waals surface area contributed by atoms with Gasteiger partial charge in [-0.3, -0.25) is 9.78 Å². The molecule has 0 radical (unpaired) electrons. The Morgan fingerprint density at radius 3 is 2.61 bits per heavy atom. The highest BCUT2D eigenvalue weighted by Gasteiger charge is 2.28. The van der Waals surface area contributed by atoms with Gasteiger partial charge in [0.1, 0.15) is 5.75 Å². The number of ether oxygens (including phenoxy) is 1. The van der Waals surface area contributed by atoms with E-state index in [-0.39, 0.29) is 11.9 Å². The van der Waals surface area contributed by atoms with Crippen LogP contribution >= 0.6 is 15.9 Å². The Hall–Kier alpha value is -1.92. The molecule has 1 unspecified atom stereocenters. The zero-order chi connectivity index (χ0) is 19.9. The Labute approximate surface area is 175 Å². The molecular formula is C22H28BrN3O2. The molecule has 0 aliphatic carbocycles. The molecule has 1 aliphatic heterocycles. The third-order valence-electron chi connectivity index (χ3n) is 5.34. The quantitative estimate of drug-likeness (QED) is 0.650. The smallest absolute Gasteiger partial charge is 0.263 e. The van der Waals surface area contributed by atoms with Gasteiger partial charge in [-0.15, -0.1) is 0 Å². The Morgan fingerprint density at radius 2 is 1.96 bits per heavy atom. The summed E-state index contributed by atoms with van der Waals surface area (Å²) in [7, 11) is 1.90. The highest BCUT2D eigenvalue weighted by atomic mass is 79.9. The normalized spacial score (nSPS) is 16.5. The first-order valence-corrected chi connectivity index (χ1v) is 10.6. The molecule has 28 heavy (non-hydrogen) atoms. The fourth-order valence-corrected chi connectivity index (χ4v) is 3.85. The third kappa shape index (κ3) is 5.79. The molecule has 0 spiro atoms.